The first-order valence-corrected chi connectivity index (χ1v) is 7.20. The van der Waals surface area contributed by atoms with Crippen molar-refractivity contribution >= 4 is 21.8 Å². The van der Waals surface area contributed by atoms with Crippen LogP contribution < -0.4 is 10.1 Å². The topological polar surface area (TPSA) is 38.3 Å². The van der Waals surface area contributed by atoms with E-state index in [4.69, 9.17) is 4.74 Å². The van der Waals surface area contributed by atoms with E-state index in [9.17, 15) is 9.18 Å². The molecule has 110 valence electrons. The van der Waals surface area contributed by atoms with Crippen LogP contribution in [0.3, 0.4) is 0 Å². The summed E-state index contributed by atoms with van der Waals surface area (Å²) >= 11 is 3.32. The number of benzene rings is 2. The molecule has 0 spiro atoms. The molecule has 0 saturated carbocycles. The molecule has 2 aromatic carbocycles. The fourth-order valence-electron chi connectivity index (χ4n) is 2.00. The van der Waals surface area contributed by atoms with Crippen molar-refractivity contribution in [2.75, 3.05) is 7.11 Å². The highest BCUT2D eigenvalue weighted by atomic mass is 79.9. The Labute approximate surface area is 131 Å². The molecule has 2 aromatic rings. The summed E-state index contributed by atoms with van der Waals surface area (Å²) in [6, 6.07) is 10.9. The zero-order chi connectivity index (χ0) is 15.4. The Morgan fingerprint density at radius 1 is 1.24 bits per heavy atom. The van der Waals surface area contributed by atoms with Crippen molar-refractivity contribution in [2.45, 2.75) is 13.0 Å². The average Bonchev–Trinajstić information content (AvgIpc) is 2.47. The molecular formula is C16H15BrFNO2. The second-order valence-electron chi connectivity index (χ2n) is 4.59. The largest absolute Gasteiger partial charge is 0.496 e. The van der Waals surface area contributed by atoms with Gasteiger partial charge >= 0.3 is 0 Å². The SMILES string of the molecule is COc1ccc(F)cc1C(C)NC(=O)c1ccc(Br)cc1. The molecule has 1 N–H and O–H groups in total. The molecule has 0 aliphatic carbocycles. The van der Waals surface area contributed by atoms with Crippen LogP contribution in [-0.2, 0) is 0 Å². The normalized spacial score (nSPS) is 11.8. The van der Waals surface area contributed by atoms with Gasteiger partial charge < -0.3 is 10.1 Å². The van der Waals surface area contributed by atoms with Gasteiger partial charge in [0.05, 0.1) is 13.2 Å². The van der Waals surface area contributed by atoms with Crippen LogP contribution in [0.5, 0.6) is 5.75 Å². The third kappa shape index (κ3) is 3.82. The Balaban J connectivity index is 2.17. The van der Waals surface area contributed by atoms with Gasteiger partial charge in [-0.05, 0) is 49.4 Å². The zero-order valence-corrected chi connectivity index (χ0v) is 13.3. The van der Waals surface area contributed by atoms with Gasteiger partial charge in [0, 0.05) is 15.6 Å². The first-order valence-electron chi connectivity index (χ1n) is 6.41. The van der Waals surface area contributed by atoms with Crippen LogP contribution in [0.4, 0.5) is 4.39 Å². The maximum absolute atomic E-state index is 13.4. The Bertz CT molecular complexity index is 643. The predicted molar refractivity (Wildman–Crippen MR) is 83.0 cm³/mol. The number of hydrogen-bond acceptors (Lipinski definition) is 2. The summed E-state index contributed by atoms with van der Waals surface area (Å²) in [4.78, 5) is 12.2. The number of amides is 1. The van der Waals surface area contributed by atoms with Gasteiger partial charge in [-0.3, -0.25) is 4.79 Å². The lowest BCUT2D eigenvalue weighted by atomic mass is 10.1. The fraction of sp³-hybridized carbons (Fsp3) is 0.188. The van der Waals surface area contributed by atoms with Crippen molar-refractivity contribution < 1.29 is 13.9 Å². The molecule has 21 heavy (non-hydrogen) atoms. The standard InChI is InChI=1S/C16H15BrFNO2/c1-10(14-9-13(18)7-8-15(14)21-2)19-16(20)11-3-5-12(17)6-4-11/h3-10H,1-2H3,(H,19,20). The van der Waals surface area contributed by atoms with E-state index in [1.807, 2.05) is 0 Å². The first-order chi connectivity index (χ1) is 10.0. The number of hydrogen-bond donors (Lipinski definition) is 1. The monoisotopic (exact) mass is 351 g/mol. The van der Waals surface area contributed by atoms with Gasteiger partial charge in [0.25, 0.3) is 5.91 Å². The van der Waals surface area contributed by atoms with Gasteiger partial charge in [0.2, 0.25) is 0 Å². The summed E-state index contributed by atoms with van der Waals surface area (Å²) in [5, 5.41) is 2.83. The molecule has 0 aromatic heterocycles. The quantitative estimate of drug-likeness (QED) is 0.900. The van der Waals surface area contributed by atoms with Crippen LogP contribution in [0.15, 0.2) is 46.9 Å². The van der Waals surface area contributed by atoms with E-state index >= 15 is 0 Å². The lowest BCUT2D eigenvalue weighted by Gasteiger charge is -2.17. The third-order valence-corrected chi connectivity index (χ3v) is 3.64. The van der Waals surface area contributed by atoms with Crippen LogP contribution in [0.25, 0.3) is 0 Å². The minimum Gasteiger partial charge on any atom is -0.496 e. The summed E-state index contributed by atoms with van der Waals surface area (Å²) in [7, 11) is 1.51. The fourth-order valence-corrected chi connectivity index (χ4v) is 2.27. The van der Waals surface area contributed by atoms with Crippen LogP contribution >= 0.6 is 15.9 Å². The van der Waals surface area contributed by atoms with Gasteiger partial charge in [0.1, 0.15) is 11.6 Å². The molecule has 1 atom stereocenters. The number of ether oxygens (including phenoxy) is 1. The van der Waals surface area contributed by atoms with E-state index in [1.54, 1.807) is 37.3 Å². The minimum atomic E-state index is -0.369. The van der Waals surface area contributed by atoms with Crippen molar-refractivity contribution in [3.63, 3.8) is 0 Å². The summed E-state index contributed by atoms with van der Waals surface area (Å²) < 4.78 is 19.5. The lowest BCUT2D eigenvalue weighted by Crippen LogP contribution is -2.27. The molecule has 0 saturated heterocycles. The summed E-state index contributed by atoms with van der Waals surface area (Å²) in [6.45, 7) is 1.79. The molecule has 0 fully saturated rings. The molecule has 0 aliphatic heterocycles. The van der Waals surface area contributed by atoms with Gasteiger partial charge in [-0.15, -0.1) is 0 Å². The van der Waals surface area contributed by atoms with E-state index in [0.29, 0.717) is 16.9 Å². The smallest absolute Gasteiger partial charge is 0.251 e. The molecule has 1 unspecified atom stereocenters. The number of rotatable bonds is 4. The van der Waals surface area contributed by atoms with E-state index in [0.717, 1.165) is 4.47 Å². The van der Waals surface area contributed by atoms with Crippen molar-refractivity contribution in [3.8, 4) is 5.75 Å². The Morgan fingerprint density at radius 3 is 2.52 bits per heavy atom. The Hall–Kier alpha value is -1.88. The van der Waals surface area contributed by atoms with Gasteiger partial charge in [-0.1, -0.05) is 15.9 Å². The highest BCUT2D eigenvalue weighted by molar-refractivity contribution is 9.10. The third-order valence-electron chi connectivity index (χ3n) is 3.11. The van der Waals surface area contributed by atoms with Gasteiger partial charge in [-0.25, -0.2) is 4.39 Å². The second kappa shape index (κ2) is 6.72. The van der Waals surface area contributed by atoms with E-state index in [2.05, 4.69) is 21.2 Å². The first kappa shape index (κ1) is 15.5. The zero-order valence-electron chi connectivity index (χ0n) is 11.7. The molecule has 0 radical (unpaired) electrons. The predicted octanol–water partition coefficient (Wildman–Crippen LogP) is 4.09. The van der Waals surface area contributed by atoms with Gasteiger partial charge in [-0.2, -0.15) is 0 Å². The molecule has 0 bridgehead atoms. The van der Waals surface area contributed by atoms with Crippen LogP contribution in [-0.4, -0.2) is 13.0 Å². The maximum atomic E-state index is 13.4. The van der Waals surface area contributed by atoms with Crippen molar-refractivity contribution in [2.24, 2.45) is 0 Å². The average molecular weight is 352 g/mol. The number of carbonyl (C=O) groups excluding carboxylic acids is 1. The highest BCUT2D eigenvalue weighted by Crippen LogP contribution is 2.26. The minimum absolute atomic E-state index is 0.221. The van der Waals surface area contributed by atoms with E-state index in [1.165, 1.54) is 19.2 Å². The highest BCUT2D eigenvalue weighted by Gasteiger charge is 2.16. The molecule has 5 heteroatoms. The Kier molecular flexibility index (Phi) is 4.96. The second-order valence-corrected chi connectivity index (χ2v) is 5.50. The molecule has 2 rings (SSSR count). The van der Waals surface area contributed by atoms with Crippen LogP contribution in [0.2, 0.25) is 0 Å². The van der Waals surface area contributed by atoms with Crippen molar-refractivity contribution in [3.05, 3.63) is 63.9 Å². The van der Waals surface area contributed by atoms with Crippen molar-refractivity contribution in [1.29, 1.82) is 0 Å². The Morgan fingerprint density at radius 2 is 1.90 bits per heavy atom. The van der Waals surface area contributed by atoms with Crippen LogP contribution in [0, 0.1) is 5.82 Å². The van der Waals surface area contributed by atoms with E-state index in [-0.39, 0.29) is 17.8 Å². The number of carbonyl (C=O) groups is 1. The number of methoxy groups -OCH3 is 1. The summed E-state index contributed by atoms with van der Waals surface area (Å²) in [6.07, 6.45) is 0. The van der Waals surface area contributed by atoms with E-state index < -0.39 is 0 Å². The van der Waals surface area contributed by atoms with Gasteiger partial charge in [0.15, 0.2) is 0 Å². The summed E-state index contributed by atoms with van der Waals surface area (Å²) in [5.41, 5.74) is 1.14. The molecule has 3 nitrogen and oxygen atoms in total. The van der Waals surface area contributed by atoms with Crippen LogP contribution in [0.1, 0.15) is 28.9 Å². The number of nitrogens with one attached hydrogen (secondary N) is 1. The lowest BCUT2D eigenvalue weighted by molar-refractivity contribution is 0.0939. The summed E-state index contributed by atoms with van der Waals surface area (Å²) in [5.74, 6) is -0.0446. The molecule has 0 aliphatic rings. The maximum Gasteiger partial charge on any atom is 0.251 e. The molecule has 1 amide bonds. The number of halogens is 2. The molecule has 0 heterocycles. The molecular weight excluding hydrogens is 337 g/mol. The van der Waals surface area contributed by atoms with Crippen molar-refractivity contribution in [1.82, 2.24) is 5.32 Å².